The number of fused-ring (bicyclic) bond motifs is 1. The number of benzene rings is 1. The van der Waals surface area contributed by atoms with Crippen LogP contribution >= 0.6 is 11.6 Å². The predicted molar refractivity (Wildman–Crippen MR) is 60.5 cm³/mol. The van der Waals surface area contributed by atoms with Gasteiger partial charge in [-0.2, -0.15) is 0 Å². The minimum atomic E-state index is 0.146. The van der Waals surface area contributed by atoms with Crippen molar-refractivity contribution >= 4 is 11.6 Å². The molecular formula is C12H16ClN. The van der Waals surface area contributed by atoms with Crippen LogP contribution in [0.5, 0.6) is 0 Å². The summed E-state index contributed by atoms with van der Waals surface area (Å²) in [5.41, 5.74) is 8.89. The topological polar surface area (TPSA) is 26.0 Å². The van der Waals surface area contributed by atoms with Gasteiger partial charge < -0.3 is 5.73 Å². The van der Waals surface area contributed by atoms with Crippen LogP contribution < -0.4 is 5.73 Å². The summed E-state index contributed by atoms with van der Waals surface area (Å²) < 4.78 is 0. The van der Waals surface area contributed by atoms with E-state index < -0.39 is 0 Å². The van der Waals surface area contributed by atoms with Crippen LogP contribution in [0.25, 0.3) is 0 Å². The maximum Gasteiger partial charge on any atom is 0.0441 e. The van der Waals surface area contributed by atoms with Crippen LogP contribution in [-0.4, -0.2) is 0 Å². The van der Waals surface area contributed by atoms with Gasteiger partial charge in [0.15, 0.2) is 0 Å². The molecule has 14 heavy (non-hydrogen) atoms. The van der Waals surface area contributed by atoms with E-state index in [1.54, 1.807) is 0 Å². The van der Waals surface area contributed by atoms with E-state index in [2.05, 4.69) is 19.9 Å². The van der Waals surface area contributed by atoms with E-state index in [-0.39, 0.29) is 11.5 Å². The Balaban J connectivity index is 2.51. The van der Waals surface area contributed by atoms with Crippen molar-refractivity contribution < 1.29 is 0 Å². The molecular weight excluding hydrogens is 194 g/mol. The molecule has 0 bridgehead atoms. The van der Waals surface area contributed by atoms with Gasteiger partial charge in [-0.05, 0) is 35.4 Å². The smallest absolute Gasteiger partial charge is 0.0441 e. The molecule has 0 aliphatic heterocycles. The molecule has 0 aromatic heterocycles. The lowest BCUT2D eigenvalue weighted by atomic mass is 9.72. The summed E-state index contributed by atoms with van der Waals surface area (Å²) in [6.07, 6.45) is 2.08. The molecule has 1 aromatic carbocycles. The first-order valence-corrected chi connectivity index (χ1v) is 5.40. The van der Waals surface area contributed by atoms with Crippen molar-refractivity contribution in [2.24, 2.45) is 11.1 Å². The summed E-state index contributed by atoms with van der Waals surface area (Å²) >= 11 is 6.18. The van der Waals surface area contributed by atoms with Gasteiger partial charge in [-0.3, -0.25) is 0 Å². The molecule has 2 heteroatoms. The zero-order chi connectivity index (χ0) is 10.3. The molecule has 1 atom stereocenters. The lowest BCUT2D eigenvalue weighted by Gasteiger charge is -2.35. The van der Waals surface area contributed by atoms with Gasteiger partial charge in [-0.15, -0.1) is 0 Å². The molecule has 0 saturated carbocycles. The fraction of sp³-hybridized carbons (Fsp3) is 0.500. The highest BCUT2D eigenvalue weighted by Crippen LogP contribution is 2.41. The summed E-state index contributed by atoms with van der Waals surface area (Å²) in [5, 5.41) is 0.866. The van der Waals surface area contributed by atoms with E-state index in [9.17, 15) is 0 Å². The molecule has 1 unspecified atom stereocenters. The van der Waals surface area contributed by atoms with Crippen molar-refractivity contribution in [1.29, 1.82) is 0 Å². The van der Waals surface area contributed by atoms with Crippen LogP contribution in [0.4, 0.5) is 0 Å². The Morgan fingerprint density at radius 1 is 1.43 bits per heavy atom. The average molecular weight is 210 g/mol. The number of hydrogen-bond donors (Lipinski definition) is 1. The molecule has 1 aromatic rings. The third-order valence-corrected chi connectivity index (χ3v) is 3.34. The van der Waals surface area contributed by atoms with Crippen molar-refractivity contribution in [3.63, 3.8) is 0 Å². The number of rotatable bonds is 0. The lowest BCUT2D eigenvalue weighted by molar-refractivity contribution is 0.283. The van der Waals surface area contributed by atoms with E-state index >= 15 is 0 Å². The fourth-order valence-electron chi connectivity index (χ4n) is 2.37. The van der Waals surface area contributed by atoms with Gasteiger partial charge >= 0.3 is 0 Å². The van der Waals surface area contributed by atoms with Crippen LogP contribution in [0.3, 0.4) is 0 Å². The molecule has 1 aliphatic rings. The highest BCUT2D eigenvalue weighted by molar-refractivity contribution is 6.31. The highest BCUT2D eigenvalue weighted by Gasteiger charge is 2.31. The highest BCUT2D eigenvalue weighted by atomic mass is 35.5. The quantitative estimate of drug-likeness (QED) is 0.697. The Morgan fingerprint density at radius 2 is 2.14 bits per heavy atom. The fourth-order valence-corrected chi connectivity index (χ4v) is 2.61. The summed E-state index contributed by atoms with van der Waals surface area (Å²) in [6, 6.07) is 6.18. The minimum Gasteiger partial charge on any atom is -0.324 e. The van der Waals surface area contributed by atoms with Crippen molar-refractivity contribution in [3.05, 3.63) is 34.3 Å². The molecule has 2 N–H and O–H groups in total. The maximum absolute atomic E-state index is 6.18. The second-order valence-corrected chi connectivity index (χ2v) is 5.37. The molecule has 0 radical (unpaired) electrons. The summed E-state index contributed by atoms with van der Waals surface area (Å²) in [5.74, 6) is 0. The summed E-state index contributed by atoms with van der Waals surface area (Å²) in [7, 11) is 0. The minimum absolute atomic E-state index is 0.146. The van der Waals surface area contributed by atoms with Gasteiger partial charge in [0.2, 0.25) is 0 Å². The SMILES string of the molecule is CC1(C)Cc2c(Cl)cccc2C(N)C1. The third-order valence-electron chi connectivity index (χ3n) is 2.98. The van der Waals surface area contributed by atoms with Gasteiger partial charge in [0.05, 0.1) is 0 Å². The van der Waals surface area contributed by atoms with Crippen LogP contribution in [-0.2, 0) is 6.42 Å². The van der Waals surface area contributed by atoms with E-state index in [1.165, 1.54) is 11.1 Å². The van der Waals surface area contributed by atoms with Crippen LogP contribution in [0, 0.1) is 5.41 Å². The molecule has 2 rings (SSSR count). The van der Waals surface area contributed by atoms with Crippen LogP contribution in [0.2, 0.25) is 5.02 Å². The lowest BCUT2D eigenvalue weighted by Crippen LogP contribution is -2.29. The van der Waals surface area contributed by atoms with Gasteiger partial charge in [0.1, 0.15) is 0 Å². The van der Waals surface area contributed by atoms with E-state index in [1.807, 2.05) is 12.1 Å². The number of nitrogens with two attached hydrogens (primary N) is 1. The predicted octanol–water partition coefficient (Wildman–Crippen LogP) is 3.31. The Hall–Kier alpha value is -0.530. The molecule has 0 heterocycles. The van der Waals surface area contributed by atoms with Crippen LogP contribution in [0.15, 0.2) is 18.2 Å². The van der Waals surface area contributed by atoms with Crippen molar-refractivity contribution in [2.75, 3.05) is 0 Å². The second kappa shape index (κ2) is 3.25. The summed E-state index contributed by atoms with van der Waals surface area (Å²) in [4.78, 5) is 0. The zero-order valence-electron chi connectivity index (χ0n) is 8.68. The van der Waals surface area contributed by atoms with Gasteiger partial charge in [-0.25, -0.2) is 0 Å². The number of halogens is 1. The van der Waals surface area contributed by atoms with E-state index in [0.29, 0.717) is 0 Å². The number of hydrogen-bond acceptors (Lipinski definition) is 1. The monoisotopic (exact) mass is 209 g/mol. The largest absolute Gasteiger partial charge is 0.324 e. The first-order chi connectivity index (χ1) is 6.49. The first-order valence-electron chi connectivity index (χ1n) is 5.02. The molecule has 0 saturated heterocycles. The Kier molecular flexibility index (Phi) is 2.32. The van der Waals surface area contributed by atoms with Gasteiger partial charge in [0.25, 0.3) is 0 Å². The van der Waals surface area contributed by atoms with Crippen molar-refractivity contribution in [1.82, 2.24) is 0 Å². The molecule has 76 valence electrons. The zero-order valence-corrected chi connectivity index (χ0v) is 9.43. The van der Waals surface area contributed by atoms with Crippen molar-refractivity contribution in [3.8, 4) is 0 Å². The summed E-state index contributed by atoms with van der Waals surface area (Å²) in [6.45, 7) is 4.50. The maximum atomic E-state index is 6.18. The molecule has 1 aliphatic carbocycles. The molecule has 1 nitrogen and oxygen atoms in total. The Labute approximate surface area is 90.3 Å². The Bertz CT molecular complexity index is 357. The van der Waals surface area contributed by atoms with Gasteiger partial charge in [-0.1, -0.05) is 37.6 Å². The Morgan fingerprint density at radius 3 is 2.86 bits per heavy atom. The average Bonchev–Trinajstić information content (AvgIpc) is 2.05. The van der Waals surface area contributed by atoms with Gasteiger partial charge in [0, 0.05) is 11.1 Å². The normalized spacial score (nSPS) is 24.4. The van der Waals surface area contributed by atoms with Crippen molar-refractivity contribution in [2.45, 2.75) is 32.7 Å². The third kappa shape index (κ3) is 1.67. The molecule has 0 fully saturated rings. The first kappa shape index (κ1) is 10.0. The molecule has 0 amide bonds. The van der Waals surface area contributed by atoms with E-state index in [4.69, 9.17) is 17.3 Å². The molecule has 0 spiro atoms. The van der Waals surface area contributed by atoms with Crippen LogP contribution in [0.1, 0.15) is 37.4 Å². The standard InChI is InChI=1S/C12H16ClN/c1-12(2)6-9-8(11(14)7-12)4-3-5-10(9)13/h3-5,11H,6-7,14H2,1-2H3. The van der Waals surface area contributed by atoms with E-state index in [0.717, 1.165) is 17.9 Å². The second-order valence-electron chi connectivity index (χ2n) is 4.96.